The Kier molecular flexibility index (Phi) is 5.40. The molecular formula is C21H26BrN3O4Si. The first-order valence-corrected chi connectivity index (χ1v) is 14.6. The van der Waals surface area contributed by atoms with Crippen molar-refractivity contribution < 1.29 is 14.6 Å². The summed E-state index contributed by atoms with van der Waals surface area (Å²) < 4.78 is 6.90. The molecule has 4 rings (SSSR count). The first-order chi connectivity index (χ1) is 14.1. The average molecular weight is 492 g/mol. The molecule has 2 aliphatic rings. The number of hydrogen-bond acceptors (Lipinski definition) is 5. The molecule has 3 heterocycles. The lowest BCUT2D eigenvalue weighted by Gasteiger charge is -2.25. The summed E-state index contributed by atoms with van der Waals surface area (Å²) >= 11 is 3.54. The van der Waals surface area contributed by atoms with E-state index < -0.39 is 19.6 Å². The molecule has 0 aromatic carbocycles. The molecule has 9 heteroatoms. The van der Waals surface area contributed by atoms with Crippen LogP contribution in [0.15, 0.2) is 27.6 Å². The molecule has 30 heavy (non-hydrogen) atoms. The van der Waals surface area contributed by atoms with E-state index in [4.69, 9.17) is 4.74 Å². The smallest absolute Gasteiger partial charge is 0.341 e. The number of carbonyl (C=O) groups is 1. The van der Waals surface area contributed by atoms with Crippen LogP contribution in [0, 0.1) is 0 Å². The van der Waals surface area contributed by atoms with E-state index >= 15 is 0 Å². The van der Waals surface area contributed by atoms with Crippen LogP contribution in [0.2, 0.25) is 25.7 Å². The van der Waals surface area contributed by atoms with Gasteiger partial charge in [0.25, 0.3) is 5.56 Å². The number of aromatic nitrogens is 2. The van der Waals surface area contributed by atoms with Gasteiger partial charge in [0.2, 0.25) is 0 Å². The quantitative estimate of drug-likeness (QED) is 0.474. The maximum Gasteiger partial charge on any atom is 0.341 e. The summed E-state index contributed by atoms with van der Waals surface area (Å²) in [5.74, 6) is -0.298. The third-order valence-electron chi connectivity index (χ3n) is 5.93. The molecule has 0 saturated heterocycles. The van der Waals surface area contributed by atoms with Crippen molar-refractivity contribution in [2.24, 2.45) is 0 Å². The van der Waals surface area contributed by atoms with Crippen LogP contribution in [0.5, 0.6) is 0 Å². The number of nitrogens with one attached hydrogen (secondary N) is 1. The van der Waals surface area contributed by atoms with Gasteiger partial charge in [-0.15, -0.1) is 0 Å². The molecule has 1 spiro atoms. The van der Waals surface area contributed by atoms with Crippen LogP contribution in [-0.2, 0) is 23.0 Å². The molecule has 0 bridgehead atoms. The summed E-state index contributed by atoms with van der Waals surface area (Å²) in [5.41, 5.74) is 1.81. The molecule has 0 fully saturated rings. The fourth-order valence-electron chi connectivity index (χ4n) is 4.41. The maximum atomic E-state index is 12.2. The summed E-state index contributed by atoms with van der Waals surface area (Å²) in [6.45, 7) is 8.92. The highest BCUT2D eigenvalue weighted by atomic mass is 79.9. The van der Waals surface area contributed by atoms with Crippen molar-refractivity contribution >= 4 is 35.8 Å². The Bertz CT molecular complexity index is 1070. The third-order valence-corrected chi connectivity index (χ3v) is 8.07. The number of rotatable bonds is 6. The van der Waals surface area contributed by atoms with Crippen LogP contribution in [0.4, 0.5) is 5.82 Å². The number of anilines is 1. The van der Waals surface area contributed by atoms with E-state index in [1.807, 2.05) is 0 Å². The Labute approximate surface area is 184 Å². The number of ether oxygens (including phenoxy) is 1. The summed E-state index contributed by atoms with van der Waals surface area (Å²) in [7, 11) is -1.16. The lowest BCUT2D eigenvalue weighted by molar-refractivity contribution is 0.0694. The number of H-pyrrole nitrogens is 1. The highest BCUT2D eigenvalue weighted by Gasteiger charge is 2.48. The number of nitrogens with zero attached hydrogens (tertiary/aromatic N) is 2. The van der Waals surface area contributed by atoms with E-state index in [0.717, 1.165) is 46.3 Å². The minimum atomic E-state index is -1.20. The van der Waals surface area contributed by atoms with Gasteiger partial charge in [-0.1, -0.05) is 19.6 Å². The Morgan fingerprint density at radius 1 is 1.37 bits per heavy atom. The maximum absolute atomic E-state index is 12.2. The number of carboxylic acid groups (broad SMARTS) is 1. The molecule has 2 aromatic rings. The molecule has 1 aliphatic heterocycles. The van der Waals surface area contributed by atoms with Crippen LogP contribution < -0.4 is 10.5 Å². The van der Waals surface area contributed by atoms with Gasteiger partial charge < -0.3 is 19.7 Å². The van der Waals surface area contributed by atoms with Crippen molar-refractivity contribution in [3.8, 4) is 0 Å². The number of fused-ring (bicyclic) bond motifs is 3. The van der Waals surface area contributed by atoms with E-state index in [-0.39, 0.29) is 11.0 Å². The molecule has 0 saturated carbocycles. The zero-order chi connectivity index (χ0) is 21.7. The molecule has 2 N–H and O–H groups in total. The topological polar surface area (TPSA) is 95.5 Å². The zero-order valence-corrected chi connectivity index (χ0v) is 20.0. The lowest BCUT2D eigenvalue weighted by Crippen LogP contribution is -2.36. The van der Waals surface area contributed by atoms with E-state index in [1.165, 1.54) is 6.07 Å². The van der Waals surface area contributed by atoms with E-state index in [9.17, 15) is 14.7 Å². The minimum absolute atomic E-state index is 0.206. The van der Waals surface area contributed by atoms with Crippen LogP contribution in [0.25, 0.3) is 0 Å². The second-order valence-electron chi connectivity index (χ2n) is 9.53. The van der Waals surface area contributed by atoms with Crippen LogP contribution in [0.1, 0.15) is 27.2 Å². The summed E-state index contributed by atoms with van der Waals surface area (Å²) in [5, 5.41) is 9.31. The average Bonchev–Trinajstić information content (AvgIpc) is 3.14. The van der Waals surface area contributed by atoms with Crippen molar-refractivity contribution in [3.63, 3.8) is 0 Å². The van der Waals surface area contributed by atoms with Crippen molar-refractivity contribution in [2.45, 2.75) is 43.9 Å². The summed E-state index contributed by atoms with van der Waals surface area (Å²) in [6, 6.07) is 4.73. The molecule has 1 aliphatic carbocycles. The third kappa shape index (κ3) is 3.98. The van der Waals surface area contributed by atoms with Crippen LogP contribution in [0.3, 0.4) is 0 Å². The number of halogens is 1. The van der Waals surface area contributed by atoms with Gasteiger partial charge in [0.15, 0.2) is 0 Å². The number of carboxylic acids is 1. The van der Waals surface area contributed by atoms with Gasteiger partial charge in [0.05, 0.1) is 0 Å². The Morgan fingerprint density at radius 3 is 2.83 bits per heavy atom. The highest BCUT2D eigenvalue weighted by molar-refractivity contribution is 9.10. The fraction of sp³-hybridized carbons (Fsp3) is 0.476. The summed E-state index contributed by atoms with van der Waals surface area (Å²) in [4.78, 5) is 33.2. The van der Waals surface area contributed by atoms with Gasteiger partial charge in [-0.05, 0) is 52.5 Å². The van der Waals surface area contributed by atoms with Gasteiger partial charge in [0, 0.05) is 48.6 Å². The standard InChI is InChI=1S/C21H26BrN3O4Si/c1-30(2,3)5-4-29-12-25-11-21(16-7-14(22)10-23-18(16)25)8-13-6-15(20(27)28)19(26)24-17(13)9-21/h6-7,10H,4-5,8-9,11-12H2,1-3H3,(H,24,26)(H,27,28)/t21-/m1/s1. The Morgan fingerprint density at radius 2 is 2.13 bits per heavy atom. The first kappa shape index (κ1) is 21.3. The minimum Gasteiger partial charge on any atom is -0.477 e. The number of aromatic amines is 1. The largest absolute Gasteiger partial charge is 0.477 e. The van der Waals surface area contributed by atoms with Gasteiger partial charge >= 0.3 is 5.97 Å². The molecule has 0 amide bonds. The molecule has 0 unspecified atom stereocenters. The predicted molar refractivity (Wildman–Crippen MR) is 121 cm³/mol. The number of hydrogen-bond donors (Lipinski definition) is 2. The van der Waals surface area contributed by atoms with Crippen molar-refractivity contribution in [1.82, 2.24) is 9.97 Å². The van der Waals surface area contributed by atoms with Gasteiger partial charge in [-0.25, -0.2) is 9.78 Å². The second kappa shape index (κ2) is 7.62. The van der Waals surface area contributed by atoms with Crippen LogP contribution >= 0.6 is 15.9 Å². The zero-order valence-electron chi connectivity index (χ0n) is 17.4. The lowest BCUT2D eigenvalue weighted by atomic mass is 9.80. The molecular weight excluding hydrogens is 466 g/mol. The van der Waals surface area contributed by atoms with E-state index in [1.54, 1.807) is 6.20 Å². The number of aromatic carboxylic acids is 1. The van der Waals surface area contributed by atoms with Gasteiger partial charge in [0.1, 0.15) is 18.1 Å². The number of pyridine rings is 2. The Hall–Kier alpha value is -1.97. The SMILES string of the molecule is C[Si](C)(C)CCOCN1C[C@]2(Cc3cc(C(=O)O)c(=O)[nH]c3C2)c2cc(Br)cnc21. The normalized spacial score (nSPS) is 19.9. The molecule has 0 radical (unpaired) electrons. The predicted octanol–water partition coefficient (Wildman–Crippen LogP) is 3.40. The summed E-state index contributed by atoms with van der Waals surface area (Å²) in [6.07, 6.45) is 3.10. The van der Waals surface area contributed by atoms with Crippen LogP contribution in [-0.4, -0.2) is 49.0 Å². The van der Waals surface area contributed by atoms with Crippen molar-refractivity contribution in [1.29, 1.82) is 0 Å². The van der Waals surface area contributed by atoms with Crippen molar-refractivity contribution in [3.05, 3.63) is 55.5 Å². The molecule has 7 nitrogen and oxygen atoms in total. The van der Waals surface area contributed by atoms with Crippen molar-refractivity contribution in [2.75, 3.05) is 24.8 Å². The van der Waals surface area contributed by atoms with E-state index in [2.05, 4.69) is 56.5 Å². The first-order valence-electron chi connectivity index (χ1n) is 10.1. The molecule has 160 valence electrons. The molecule has 2 aromatic heterocycles. The highest BCUT2D eigenvalue weighted by Crippen LogP contribution is 2.48. The van der Waals surface area contributed by atoms with E-state index in [0.29, 0.717) is 19.6 Å². The van der Waals surface area contributed by atoms with Gasteiger partial charge in [-0.3, -0.25) is 4.79 Å². The Balaban J connectivity index is 1.61. The molecule has 1 atom stereocenters. The monoisotopic (exact) mass is 491 g/mol. The fourth-order valence-corrected chi connectivity index (χ4v) is 5.50. The van der Waals surface area contributed by atoms with Gasteiger partial charge in [-0.2, -0.15) is 0 Å². The second-order valence-corrected chi connectivity index (χ2v) is 16.1.